The van der Waals surface area contributed by atoms with Gasteiger partial charge >= 0.3 is 5.97 Å². The summed E-state index contributed by atoms with van der Waals surface area (Å²) >= 11 is 5.99. The van der Waals surface area contributed by atoms with Crippen LogP contribution in [0.3, 0.4) is 0 Å². The Labute approximate surface area is 116 Å². The first kappa shape index (κ1) is 15.2. The van der Waals surface area contributed by atoms with Crippen LogP contribution in [0.25, 0.3) is 0 Å². The number of oxime groups is 1. The Hall–Kier alpha value is -1.82. The third-order valence-corrected chi connectivity index (χ3v) is 2.66. The molecular formula is C12H16ClN3O3. The number of pyridine rings is 1. The van der Waals surface area contributed by atoms with Crippen molar-refractivity contribution in [2.24, 2.45) is 5.16 Å². The number of anilines is 1. The van der Waals surface area contributed by atoms with Crippen LogP contribution in [0, 0.1) is 13.8 Å². The molecule has 0 aliphatic carbocycles. The van der Waals surface area contributed by atoms with Crippen LogP contribution in [-0.4, -0.2) is 23.3 Å². The second kappa shape index (κ2) is 6.38. The van der Waals surface area contributed by atoms with E-state index in [1.165, 1.54) is 0 Å². The van der Waals surface area contributed by atoms with Gasteiger partial charge < -0.3 is 15.3 Å². The molecule has 19 heavy (non-hydrogen) atoms. The maximum atomic E-state index is 11.3. The lowest BCUT2D eigenvalue weighted by molar-refractivity contribution is -0.146. The van der Waals surface area contributed by atoms with Crippen molar-refractivity contribution in [3.8, 4) is 5.88 Å². The number of carbonyl (C=O) groups is 1. The Kier molecular flexibility index (Phi) is 5.11. The Balaban J connectivity index is 2.74. The van der Waals surface area contributed by atoms with E-state index in [-0.39, 0.29) is 17.5 Å². The van der Waals surface area contributed by atoms with Crippen LogP contribution < -0.4 is 10.5 Å². The number of hydrogen-bond donors (Lipinski definition) is 1. The molecule has 0 aliphatic rings. The summed E-state index contributed by atoms with van der Waals surface area (Å²) in [6, 6.07) is 0. The van der Waals surface area contributed by atoms with Crippen molar-refractivity contribution in [3.05, 3.63) is 16.3 Å². The number of halogens is 1. The number of nitrogens with two attached hydrogens (primary N) is 1. The van der Waals surface area contributed by atoms with Gasteiger partial charge in [-0.15, -0.1) is 0 Å². The maximum Gasteiger partial charge on any atom is 0.372 e. The van der Waals surface area contributed by atoms with Gasteiger partial charge in [-0.2, -0.15) is 0 Å². The summed E-state index contributed by atoms with van der Waals surface area (Å²) in [5, 5.41) is 3.70. The van der Waals surface area contributed by atoms with Gasteiger partial charge in [0.1, 0.15) is 5.02 Å². The third-order valence-electron chi connectivity index (χ3n) is 2.30. The highest BCUT2D eigenvalue weighted by Gasteiger charge is 2.14. The molecule has 0 radical (unpaired) electrons. The van der Waals surface area contributed by atoms with E-state index in [2.05, 4.69) is 15.0 Å². The van der Waals surface area contributed by atoms with Gasteiger partial charge in [-0.25, -0.2) is 9.78 Å². The summed E-state index contributed by atoms with van der Waals surface area (Å²) in [6.07, 6.45) is 0. The molecule has 0 spiro atoms. The fourth-order valence-corrected chi connectivity index (χ4v) is 1.39. The number of rotatable bonds is 4. The van der Waals surface area contributed by atoms with Crippen LogP contribution in [0.15, 0.2) is 5.16 Å². The van der Waals surface area contributed by atoms with E-state index in [1.807, 2.05) is 0 Å². The predicted molar refractivity (Wildman–Crippen MR) is 73.5 cm³/mol. The largest absolute Gasteiger partial charge is 0.464 e. The molecule has 0 bridgehead atoms. The van der Waals surface area contributed by atoms with Crippen LogP contribution in [0.5, 0.6) is 5.88 Å². The molecule has 0 fully saturated rings. The molecule has 0 unspecified atom stereocenters. The molecule has 1 aromatic heterocycles. The van der Waals surface area contributed by atoms with Crippen LogP contribution >= 0.6 is 11.6 Å². The van der Waals surface area contributed by atoms with Crippen molar-refractivity contribution in [2.75, 3.05) is 12.3 Å². The summed E-state index contributed by atoms with van der Waals surface area (Å²) in [5.74, 6) is -0.535. The van der Waals surface area contributed by atoms with E-state index in [1.54, 1.807) is 27.7 Å². The quantitative estimate of drug-likeness (QED) is 0.521. The zero-order valence-corrected chi connectivity index (χ0v) is 12.0. The lowest BCUT2D eigenvalue weighted by atomic mass is 10.2. The molecule has 1 heterocycles. The summed E-state index contributed by atoms with van der Waals surface area (Å²) in [4.78, 5) is 20.0. The molecule has 6 nitrogen and oxygen atoms in total. The predicted octanol–water partition coefficient (Wildman–Crippen LogP) is 2.25. The molecule has 1 rings (SSSR count). The van der Waals surface area contributed by atoms with E-state index in [4.69, 9.17) is 22.1 Å². The zero-order valence-electron chi connectivity index (χ0n) is 11.3. The Morgan fingerprint density at radius 3 is 2.63 bits per heavy atom. The van der Waals surface area contributed by atoms with Crippen LogP contribution in [-0.2, 0) is 9.63 Å². The highest BCUT2D eigenvalue weighted by atomic mass is 35.5. The van der Waals surface area contributed by atoms with Crippen molar-refractivity contribution < 1.29 is 14.4 Å². The number of ether oxygens (including phenoxy) is 1. The van der Waals surface area contributed by atoms with Crippen molar-refractivity contribution in [3.63, 3.8) is 0 Å². The molecule has 0 amide bonds. The summed E-state index contributed by atoms with van der Waals surface area (Å²) in [6.45, 7) is 6.65. The number of hydrogen-bond acceptors (Lipinski definition) is 6. The number of aryl methyl sites for hydroxylation is 1. The van der Waals surface area contributed by atoms with Gasteiger partial charge in [-0.05, 0) is 33.3 Å². The first-order valence-electron chi connectivity index (χ1n) is 5.59. The number of nitrogens with zero attached hydrogens (tertiary/aromatic N) is 2. The standard InChI is InChI=1S/C12H16ClN3O3/c1-6(2)16-19-9(17)5-18-12-10(13)11(14)7(3)8(4)15-12/h5H2,1-4H3,(H2,14,15). The molecule has 1 aromatic rings. The van der Waals surface area contributed by atoms with Gasteiger partial charge in [-0.3, -0.25) is 0 Å². The lowest BCUT2D eigenvalue weighted by Gasteiger charge is -2.11. The number of nitrogen functional groups attached to an aromatic ring is 1. The van der Waals surface area contributed by atoms with E-state index in [0.29, 0.717) is 17.1 Å². The minimum atomic E-state index is -0.643. The first-order valence-corrected chi connectivity index (χ1v) is 5.96. The van der Waals surface area contributed by atoms with E-state index in [0.717, 1.165) is 5.56 Å². The molecule has 0 saturated carbocycles. The van der Waals surface area contributed by atoms with Crippen molar-refractivity contribution >= 4 is 29.0 Å². The SMILES string of the molecule is CC(C)=NOC(=O)COc1nc(C)c(C)c(N)c1Cl. The molecule has 104 valence electrons. The summed E-state index contributed by atoms with van der Waals surface area (Å²) < 4.78 is 5.18. The maximum absolute atomic E-state index is 11.3. The van der Waals surface area contributed by atoms with E-state index < -0.39 is 5.97 Å². The third kappa shape index (κ3) is 4.10. The van der Waals surface area contributed by atoms with E-state index >= 15 is 0 Å². The molecule has 7 heteroatoms. The zero-order chi connectivity index (χ0) is 14.6. The minimum absolute atomic E-state index is 0.108. The first-order chi connectivity index (χ1) is 8.82. The molecule has 0 atom stereocenters. The molecule has 0 aliphatic heterocycles. The van der Waals surface area contributed by atoms with E-state index in [9.17, 15) is 4.79 Å². The molecule has 2 N–H and O–H groups in total. The smallest absolute Gasteiger partial charge is 0.372 e. The Morgan fingerprint density at radius 2 is 2.05 bits per heavy atom. The fraction of sp³-hybridized carbons (Fsp3) is 0.417. The summed E-state index contributed by atoms with van der Waals surface area (Å²) in [7, 11) is 0. The second-order valence-electron chi connectivity index (χ2n) is 4.15. The lowest BCUT2D eigenvalue weighted by Crippen LogP contribution is -2.14. The van der Waals surface area contributed by atoms with Gasteiger partial charge in [0.2, 0.25) is 5.88 Å². The fourth-order valence-electron chi connectivity index (χ4n) is 1.15. The highest BCUT2D eigenvalue weighted by molar-refractivity contribution is 6.34. The normalized spacial score (nSPS) is 9.95. The topological polar surface area (TPSA) is 86.8 Å². The minimum Gasteiger partial charge on any atom is -0.464 e. The van der Waals surface area contributed by atoms with Gasteiger partial charge in [0.05, 0.1) is 11.4 Å². The molecule has 0 saturated heterocycles. The monoisotopic (exact) mass is 285 g/mol. The van der Waals surface area contributed by atoms with Crippen molar-refractivity contribution in [1.82, 2.24) is 4.98 Å². The van der Waals surface area contributed by atoms with Gasteiger partial charge in [0.15, 0.2) is 6.61 Å². The molecular weight excluding hydrogens is 270 g/mol. The van der Waals surface area contributed by atoms with Crippen LogP contribution in [0.1, 0.15) is 25.1 Å². The Bertz CT molecular complexity index is 525. The second-order valence-corrected chi connectivity index (χ2v) is 4.52. The highest BCUT2D eigenvalue weighted by Crippen LogP contribution is 2.32. The number of aromatic nitrogens is 1. The van der Waals surface area contributed by atoms with Crippen molar-refractivity contribution in [2.45, 2.75) is 27.7 Å². The van der Waals surface area contributed by atoms with Crippen molar-refractivity contribution in [1.29, 1.82) is 0 Å². The average Bonchev–Trinajstić information content (AvgIpc) is 2.36. The molecule has 0 aromatic carbocycles. The average molecular weight is 286 g/mol. The van der Waals surface area contributed by atoms with Gasteiger partial charge in [0.25, 0.3) is 0 Å². The van der Waals surface area contributed by atoms with Crippen LogP contribution in [0.4, 0.5) is 5.69 Å². The van der Waals surface area contributed by atoms with Gasteiger partial charge in [-0.1, -0.05) is 16.8 Å². The number of carbonyl (C=O) groups excluding carboxylic acids is 1. The van der Waals surface area contributed by atoms with Gasteiger partial charge in [0, 0.05) is 5.69 Å². The summed E-state index contributed by atoms with van der Waals surface area (Å²) in [5.41, 5.74) is 8.28. The van der Waals surface area contributed by atoms with Crippen LogP contribution in [0.2, 0.25) is 5.02 Å². The Morgan fingerprint density at radius 1 is 1.42 bits per heavy atom.